The Bertz CT molecular complexity index is 3540. The smallest absolute Gasteiger partial charge is 0.399 e. The summed E-state index contributed by atoms with van der Waals surface area (Å²) in [5, 5.41) is 10.4. The number of thiophene rings is 2. The molecule has 8 aromatic carbocycles. The van der Waals surface area contributed by atoms with Gasteiger partial charge in [-0.15, -0.1) is 22.7 Å². The Labute approximate surface area is 393 Å². The fourth-order valence-corrected chi connectivity index (χ4v) is 11.8. The minimum atomic E-state index is -0.314. The minimum absolute atomic E-state index is 0. The molecule has 0 spiro atoms. The van der Waals surface area contributed by atoms with E-state index in [0.717, 1.165) is 9.94 Å². The molecule has 0 amide bonds. The van der Waals surface area contributed by atoms with E-state index in [2.05, 4.69) is 211 Å². The van der Waals surface area contributed by atoms with Crippen molar-refractivity contribution in [3.8, 4) is 11.1 Å². The molecular formula is C55H48B2BrN2O2S2. The fraction of sp³-hybridized carbons (Fsp3) is 0.127. The lowest BCUT2D eigenvalue weighted by Gasteiger charge is -2.32. The highest BCUT2D eigenvalue weighted by molar-refractivity contribution is 9.10. The zero-order valence-corrected chi connectivity index (χ0v) is 38.6. The van der Waals surface area contributed by atoms with Crippen molar-refractivity contribution in [2.75, 3.05) is 0 Å². The summed E-state index contributed by atoms with van der Waals surface area (Å²) in [7, 11) is -0.313. The third-order valence-corrected chi connectivity index (χ3v) is 15.6. The van der Waals surface area contributed by atoms with Gasteiger partial charge in [-0.2, -0.15) is 0 Å². The molecule has 1 fully saturated rings. The maximum atomic E-state index is 6.26. The number of aromatic nitrogens is 2. The molecule has 9 heteroatoms. The summed E-state index contributed by atoms with van der Waals surface area (Å²) < 4.78 is 19.0. The predicted molar refractivity (Wildman–Crippen MR) is 287 cm³/mol. The summed E-state index contributed by atoms with van der Waals surface area (Å²) in [5.41, 5.74) is 7.88. The van der Waals surface area contributed by atoms with Crippen LogP contribution in [0.15, 0.2) is 174 Å². The number of fused-ring (bicyclic) bond motifs is 12. The normalized spacial score (nSPS) is 14.2. The summed E-state index contributed by atoms with van der Waals surface area (Å²) in [4.78, 5) is 6.96. The van der Waals surface area contributed by atoms with E-state index in [1.165, 1.54) is 95.1 Å². The highest BCUT2D eigenvalue weighted by Crippen LogP contribution is 2.44. The van der Waals surface area contributed by atoms with Crippen molar-refractivity contribution in [3.05, 3.63) is 174 Å². The number of hydrogen-bond acceptors (Lipinski definition) is 4. The molecule has 1 aliphatic rings. The Morgan fingerprint density at radius 3 is 1.45 bits per heavy atom. The lowest BCUT2D eigenvalue weighted by atomic mass is 9.76. The lowest BCUT2D eigenvalue weighted by molar-refractivity contribution is 0.00578. The van der Waals surface area contributed by atoms with Gasteiger partial charge in [-0.1, -0.05) is 139 Å². The van der Waals surface area contributed by atoms with E-state index in [-0.39, 0.29) is 35.6 Å². The molecule has 3 radical (unpaired) electrons. The topological polar surface area (TPSA) is 50.0 Å². The van der Waals surface area contributed by atoms with Gasteiger partial charge in [0, 0.05) is 92.9 Å². The van der Waals surface area contributed by atoms with Crippen molar-refractivity contribution in [1.29, 1.82) is 0 Å². The number of aromatic amines is 2. The van der Waals surface area contributed by atoms with Crippen LogP contribution in [0.3, 0.4) is 0 Å². The predicted octanol–water partition coefficient (Wildman–Crippen LogP) is 16.3. The van der Waals surface area contributed by atoms with Crippen molar-refractivity contribution >= 4 is 144 Å². The second-order valence-corrected chi connectivity index (χ2v) is 19.9. The molecule has 4 nitrogen and oxygen atoms in total. The molecular weight excluding hydrogens is 886 g/mol. The Hall–Kier alpha value is -5.67. The van der Waals surface area contributed by atoms with E-state index in [1.54, 1.807) is 0 Å². The van der Waals surface area contributed by atoms with Gasteiger partial charge in [-0.25, -0.2) is 0 Å². The van der Waals surface area contributed by atoms with E-state index in [4.69, 9.17) is 9.31 Å². The van der Waals surface area contributed by atoms with Crippen LogP contribution in [-0.2, 0) is 9.31 Å². The van der Waals surface area contributed by atoms with Gasteiger partial charge in [-0.3, -0.25) is 0 Å². The van der Waals surface area contributed by atoms with Gasteiger partial charge in [0.25, 0.3) is 0 Å². The Kier molecular flexibility index (Phi) is 11.6. The molecule has 12 aromatic rings. The van der Waals surface area contributed by atoms with Gasteiger partial charge >= 0.3 is 7.12 Å². The first-order valence-corrected chi connectivity index (χ1v) is 23.4. The number of hydrogen-bond donors (Lipinski definition) is 2. The van der Waals surface area contributed by atoms with E-state index < -0.39 is 0 Å². The second-order valence-electron chi connectivity index (χ2n) is 16.9. The van der Waals surface area contributed by atoms with Crippen LogP contribution < -0.4 is 5.46 Å². The molecule has 0 bridgehead atoms. The third kappa shape index (κ3) is 7.34. The first-order chi connectivity index (χ1) is 30.1. The molecule has 1 aliphatic heterocycles. The van der Waals surface area contributed by atoms with Gasteiger partial charge in [0.1, 0.15) is 0 Å². The number of rotatable bonds is 2. The average molecular weight is 936 g/mol. The van der Waals surface area contributed by atoms with Crippen molar-refractivity contribution in [3.63, 3.8) is 0 Å². The SMILES string of the molecule is Brc1cccc2[nH]c3ccccc3c12.C.CC1(C)OB(c2cccc3sc4ccccc4c23)OC1(C)C.[2HH].[B].c1ccc2c(c1)[nH]c1cccc(-c3cccc4sc5ccccc5c34)c12. The lowest BCUT2D eigenvalue weighted by Crippen LogP contribution is -2.41. The zero-order valence-electron chi connectivity index (χ0n) is 35.3. The molecule has 5 heterocycles. The van der Waals surface area contributed by atoms with E-state index in [9.17, 15) is 0 Å². The van der Waals surface area contributed by atoms with Gasteiger partial charge < -0.3 is 19.3 Å². The van der Waals surface area contributed by atoms with Gasteiger partial charge in [0.15, 0.2) is 0 Å². The quantitative estimate of drug-likeness (QED) is 0.170. The summed E-state index contributed by atoms with van der Waals surface area (Å²) in [6.07, 6.45) is 0. The molecule has 0 saturated carbocycles. The molecule has 0 unspecified atom stereocenters. The third-order valence-electron chi connectivity index (χ3n) is 12.6. The summed E-state index contributed by atoms with van der Waals surface area (Å²) in [6, 6.07) is 60.0. The van der Waals surface area contributed by atoms with Gasteiger partial charge in [0.05, 0.1) is 11.2 Å². The van der Waals surface area contributed by atoms with Crippen molar-refractivity contribution in [2.24, 2.45) is 0 Å². The van der Waals surface area contributed by atoms with Gasteiger partial charge in [0.2, 0.25) is 0 Å². The Morgan fingerprint density at radius 2 is 0.844 bits per heavy atom. The number of benzene rings is 8. The van der Waals surface area contributed by atoms with Crippen molar-refractivity contribution in [2.45, 2.75) is 46.3 Å². The number of halogens is 1. The molecule has 315 valence electrons. The van der Waals surface area contributed by atoms with Crippen LogP contribution in [-0.4, -0.2) is 36.7 Å². The maximum Gasteiger partial charge on any atom is 0.495 e. The molecule has 1 saturated heterocycles. The van der Waals surface area contributed by atoms with Crippen LogP contribution in [0.1, 0.15) is 36.5 Å². The van der Waals surface area contributed by atoms with E-state index >= 15 is 0 Å². The summed E-state index contributed by atoms with van der Waals surface area (Å²) >= 11 is 7.27. The van der Waals surface area contributed by atoms with E-state index in [1.807, 2.05) is 34.8 Å². The highest BCUT2D eigenvalue weighted by atomic mass is 79.9. The van der Waals surface area contributed by atoms with Crippen molar-refractivity contribution < 1.29 is 10.7 Å². The van der Waals surface area contributed by atoms with Crippen LogP contribution in [0.4, 0.5) is 0 Å². The largest absolute Gasteiger partial charge is 0.495 e. The summed E-state index contributed by atoms with van der Waals surface area (Å²) in [6.45, 7) is 8.38. The monoisotopic (exact) mass is 934 g/mol. The molecule has 13 rings (SSSR count). The molecule has 2 N–H and O–H groups in total. The van der Waals surface area contributed by atoms with Crippen LogP contribution in [0.25, 0.3) is 95.1 Å². The molecule has 64 heavy (non-hydrogen) atoms. The maximum absolute atomic E-state index is 6.26. The first-order valence-electron chi connectivity index (χ1n) is 21.0. The Balaban J connectivity index is 0.000000135. The highest BCUT2D eigenvalue weighted by Gasteiger charge is 2.52. The standard InChI is InChI=1S/C24H15NS.C18H19BO2S.C12H8BrN.CH4.B.H2/c1-3-11-19-17(7-1)23-15(9-5-12-20(23)25-19)16-10-6-14-22-24(16)18-8-2-4-13-21(18)26-22;1-17(2)18(3,4)21-19(20-17)13-9-7-11-15-16(13)12-8-5-6-10-14(12)22-15;13-9-5-3-7-11-12(9)8-4-1-2-6-10(8)14-11;;;/h1-14,25H;5-11H,1-4H3;1-7,14H;1H4;;1H/i;;;;;1+1. The summed E-state index contributed by atoms with van der Waals surface area (Å²) in [5.74, 6) is 0. The molecule has 0 atom stereocenters. The van der Waals surface area contributed by atoms with E-state index in [0.29, 0.717) is 0 Å². The molecule has 0 aliphatic carbocycles. The number of para-hydroxylation sites is 2. The average Bonchev–Trinajstić information content (AvgIpc) is 4.09. The minimum Gasteiger partial charge on any atom is -0.399 e. The van der Waals surface area contributed by atoms with Crippen molar-refractivity contribution in [1.82, 2.24) is 9.97 Å². The Morgan fingerprint density at radius 1 is 0.438 bits per heavy atom. The fourth-order valence-electron chi connectivity index (χ4n) is 8.95. The van der Waals surface area contributed by atoms with Crippen LogP contribution in [0, 0.1) is 0 Å². The molecule has 4 aromatic heterocycles. The number of H-pyrrole nitrogens is 2. The van der Waals surface area contributed by atoms with Crippen LogP contribution in [0.2, 0.25) is 0 Å². The van der Waals surface area contributed by atoms with Gasteiger partial charge in [-0.05, 0) is 104 Å². The first kappa shape index (κ1) is 43.6. The van der Waals surface area contributed by atoms with Crippen LogP contribution in [0.5, 0.6) is 0 Å². The van der Waals surface area contributed by atoms with Crippen LogP contribution >= 0.6 is 38.6 Å². The second kappa shape index (κ2) is 17.0. The number of nitrogens with one attached hydrogen (secondary N) is 2. The zero-order chi connectivity index (χ0) is 42.2.